The number of nitrogens with zero attached hydrogens (tertiary/aromatic N) is 4. The molecule has 1 saturated heterocycles. The molecule has 7 nitrogen and oxygen atoms in total. The lowest BCUT2D eigenvalue weighted by atomic mass is 9.94. The number of carboxylic acids is 1. The van der Waals surface area contributed by atoms with E-state index in [1.54, 1.807) is 0 Å². The molecule has 1 fully saturated rings. The van der Waals surface area contributed by atoms with Crippen LogP contribution in [0.5, 0.6) is 0 Å². The van der Waals surface area contributed by atoms with Crippen molar-refractivity contribution in [2.45, 2.75) is 32.1 Å². The summed E-state index contributed by atoms with van der Waals surface area (Å²) >= 11 is 0. The number of fused-ring (bicyclic) bond motifs is 1. The molecule has 3 N–H and O–H groups in total. The number of aliphatic carboxylic acids is 1. The summed E-state index contributed by atoms with van der Waals surface area (Å²) in [5.74, 6) is -1.22. The maximum Gasteiger partial charge on any atom is 0.490 e. The van der Waals surface area contributed by atoms with Gasteiger partial charge in [0.2, 0.25) is 5.95 Å². The fourth-order valence-corrected chi connectivity index (χ4v) is 3.60. The number of carbonyl (C=O) groups is 1. The molecule has 0 bridgehead atoms. The molecule has 0 aliphatic carbocycles. The van der Waals surface area contributed by atoms with Crippen LogP contribution in [0.4, 0.5) is 24.8 Å². The number of alkyl halides is 3. The Morgan fingerprint density at radius 1 is 1.24 bits per heavy atom. The molecule has 0 spiro atoms. The maximum absolute atomic E-state index is 10.6. The highest BCUT2D eigenvalue weighted by molar-refractivity contribution is 5.79. The van der Waals surface area contributed by atoms with Crippen LogP contribution in [-0.4, -0.2) is 45.9 Å². The number of hydrogen-bond donors (Lipinski definition) is 2. The molecule has 1 aliphatic rings. The third-order valence-corrected chi connectivity index (χ3v) is 5.58. The Labute approximate surface area is 189 Å². The number of benzene rings is 2. The first-order valence-corrected chi connectivity index (χ1v) is 10.3. The van der Waals surface area contributed by atoms with Crippen LogP contribution in [-0.2, 0) is 11.3 Å². The third-order valence-electron chi connectivity index (χ3n) is 5.58. The molecule has 3 aromatic rings. The van der Waals surface area contributed by atoms with E-state index in [2.05, 4.69) is 39.4 Å². The van der Waals surface area contributed by atoms with Crippen LogP contribution in [0.1, 0.15) is 18.9 Å². The summed E-state index contributed by atoms with van der Waals surface area (Å²) < 4.78 is 34.0. The molecule has 0 amide bonds. The molecule has 0 radical (unpaired) electrons. The van der Waals surface area contributed by atoms with Crippen molar-refractivity contribution in [2.75, 3.05) is 18.0 Å². The van der Waals surface area contributed by atoms with Crippen molar-refractivity contribution >= 4 is 28.6 Å². The number of halogens is 3. The summed E-state index contributed by atoms with van der Waals surface area (Å²) in [5, 5.41) is 7.12. The SMILES string of the molecule is O=C(O)C(F)(F)F.[C-]#[N+]c1ccc(Cn2c(N3CC[C@H](C)[C@@H](N)C3)nc3ccccc32)cc1. The van der Waals surface area contributed by atoms with Crippen LogP contribution in [0, 0.1) is 12.5 Å². The van der Waals surface area contributed by atoms with E-state index in [1.807, 2.05) is 30.3 Å². The molecular formula is C23H24F3N5O2. The Kier molecular flexibility index (Phi) is 7.23. The number of carboxylic acid groups (broad SMARTS) is 1. The van der Waals surface area contributed by atoms with Crippen LogP contribution in [0.3, 0.4) is 0 Å². The third kappa shape index (κ3) is 5.81. The molecule has 2 heterocycles. The number of anilines is 1. The van der Waals surface area contributed by atoms with E-state index < -0.39 is 12.1 Å². The van der Waals surface area contributed by atoms with Crippen molar-refractivity contribution in [1.82, 2.24) is 9.55 Å². The number of para-hydroxylation sites is 2. The summed E-state index contributed by atoms with van der Waals surface area (Å²) in [6, 6.07) is 16.2. The average molecular weight is 459 g/mol. The highest BCUT2D eigenvalue weighted by Gasteiger charge is 2.38. The Bertz CT molecular complexity index is 1150. The van der Waals surface area contributed by atoms with Crippen molar-refractivity contribution in [2.24, 2.45) is 11.7 Å². The van der Waals surface area contributed by atoms with Crippen molar-refractivity contribution in [3.05, 3.63) is 65.5 Å². The Morgan fingerprint density at radius 2 is 1.88 bits per heavy atom. The second-order valence-corrected chi connectivity index (χ2v) is 7.94. The molecule has 33 heavy (non-hydrogen) atoms. The summed E-state index contributed by atoms with van der Waals surface area (Å²) in [6.45, 7) is 11.9. The molecule has 2 atom stereocenters. The van der Waals surface area contributed by atoms with E-state index in [9.17, 15) is 13.2 Å². The standard InChI is InChI=1S/C21H23N5.C2HF3O2/c1-15-11-12-25(14-18(15)22)21-24-19-5-3-4-6-20(19)26(21)13-16-7-9-17(23-2)10-8-16;3-2(4,5)1(6)7/h3-10,15,18H,11-14,22H2,1H3;(H,6,7)/t15-,18-;/m0./s1. The van der Waals surface area contributed by atoms with E-state index in [0.29, 0.717) is 11.6 Å². The van der Waals surface area contributed by atoms with Gasteiger partial charge in [-0.2, -0.15) is 13.2 Å². The van der Waals surface area contributed by atoms with Gasteiger partial charge in [0.15, 0.2) is 5.69 Å². The number of rotatable bonds is 3. The quantitative estimate of drug-likeness (QED) is 0.566. The monoisotopic (exact) mass is 459 g/mol. The van der Waals surface area contributed by atoms with Gasteiger partial charge in [-0.25, -0.2) is 14.6 Å². The maximum atomic E-state index is 10.6. The van der Waals surface area contributed by atoms with Crippen LogP contribution < -0.4 is 10.6 Å². The molecule has 1 aliphatic heterocycles. The molecule has 10 heteroatoms. The predicted octanol–water partition coefficient (Wildman–Crippen LogP) is 4.44. The largest absolute Gasteiger partial charge is 0.490 e. The van der Waals surface area contributed by atoms with Gasteiger partial charge in [0.1, 0.15) is 0 Å². The second-order valence-electron chi connectivity index (χ2n) is 7.94. The number of hydrogen-bond acceptors (Lipinski definition) is 4. The highest BCUT2D eigenvalue weighted by Crippen LogP contribution is 2.28. The minimum atomic E-state index is -5.08. The van der Waals surface area contributed by atoms with Gasteiger partial charge in [-0.05, 0) is 30.0 Å². The number of nitrogens with two attached hydrogens (primary N) is 1. The van der Waals surface area contributed by atoms with E-state index in [1.165, 1.54) is 0 Å². The molecule has 2 aromatic carbocycles. The number of imidazole rings is 1. The first kappa shape index (κ1) is 24.1. The average Bonchev–Trinajstić information content (AvgIpc) is 3.14. The first-order chi connectivity index (χ1) is 15.6. The van der Waals surface area contributed by atoms with Gasteiger partial charge in [0.25, 0.3) is 0 Å². The van der Waals surface area contributed by atoms with Crippen molar-refractivity contribution < 1.29 is 23.1 Å². The Hall–Kier alpha value is -3.58. The van der Waals surface area contributed by atoms with Crippen LogP contribution in [0.15, 0.2) is 48.5 Å². The smallest absolute Gasteiger partial charge is 0.475 e. The van der Waals surface area contributed by atoms with Gasteiger partial charge in [-0.3, -0.25) is 0 Å². The first-order valence-electron chi connectivity index (χ1n) is 10.3. The molecular weight excluding hydrogens is 435 g/mol. The zero-order valence-corrected chi connectivity index (χ0v) is 18.0. The number of aromatic nitrogens is 2. The predicted molar refractivity (Wildman–Crippen MR) is 119 cm³/mol. The van der Waals surface area contributed by atoms with Gasteiger partial charge in [-0.15, -0.1) is 0 Å². The van der Waals surface area contributed by atoms with E-state index >= 15 is 0 Å². The lowest BCUT2D eigenvalue weighted by molar-refractivity contribution is -0.192. The molecule has 0 saturated carbocycles. The minimum absolute atomic E-state index is 0.176. The van der Waals surface area contributed by atoms with E-state index in [-0.39, 0.29) is 6.04 Å². The van der Waals surface area contributed by atoms with Crippen molar-refractivity contribution in [3.8, 4) is 0 Å². The van der Waals surface area contributed by atoms with Crippen LogP contribution in [0.25, 0.3) is 15.9 Å². The zero-order valence-electron chi connectivity index (χ0n) is 18.0. The van der Waals surface area contributed by atoms with Crippen LogP contribution >= 0.6 is 0 Å². The van der Waals surface area contributed by atoms with Gasteiger partial charge < -0.3 is 20.3 Å². The van der Waals surface area contributed by atoms with E-state index in [4.69, 9.17) is 27.2 Å². The van der Waals surface area contributed by atoms with Crippen molar-refractivity contribution in [1.29, 1.82) is 0 Å². The summed E-state index contributed by atoms with van der Waals surface area (Å²) in [6.07, 6.45) is -4.00. The summed E-state index contributed by atoms with van der Waals surface area (Å²) in [5.41, 5.74) is 10.3. The van der Waals surface area contributed by atoms with E-state index in [0.717, 1.165) is 48.6 Å². The zero-order chi connectivity index (χ0) is 24.2. The lowest BCUT2D eigenvalue weighted by Crippen LogP contribution is -2.48. The summed E-state index contributed by atoms with van der Waals surface area (Å²) in [4.78, 5) is 19.6. The number of piperidine rings is 1. The molecule has 174 valence electrons. The Balaban J connectivity index is 0.000000383. The molecule has 0 unspecified atom stereocenters. The minimum Gasteiger partial charge on any atom is -0.475 e. The summed E-state index contributed by atoms with van der Waals surface area (Å²) in [7, 11) is 0. The fourth-order valence-electron chi connectivity index (χ4n) is 3.60. The van der Waals surface area contributed by atoms with Gasteiger partial charge in [0.05, 0.1) is 24.2 Å². The highest BCUT2D eigenvalue weighted by atomic mass is 19.4. The van der Waals surface area contributed by atoms with Crippen LogP contribution in [0.2, 0.25) is 0 Å². The topological polar surface area (TPSA) is 88.7 Å². The Morgan fingerprint density at radius 3 is 2.45 bits per heavy atom. The van der Waals surface area contributed by atoms with Crippen molar-refractivity contribution in [3.63, 3.8) is 0 Å². The van der Waals surface area contributed by atoms with Gasteiger partial charge in [-0.1, -0.05) is 43.3 Å². The fraction of sp³-hybridized carbons (Fsp3) is 0.348. The molecule has 4 rings (SSSR count). The van der Waals surface area contributed by atoms with Gasteiger partial charge in [0, 0.05) is 19.1 Å². The lowest BCUT2D eigenvalue weighted by Gasteiger charge is -2.36. The van der Waals surface area contributed by atoms with Gasteiger partial charge >= 0.3 is 12.1 Å². The normalized spacial score (nSPS) is 18.4. The molecule has 1 aromatic heterocycles. The second kappa shape index (κ2) is 9.92.